The van der Waals surface area contributed by atoms with Crippen molar-refractivity contribution in [2.24, 2.45) is 5.73 Å². The van der Waals surface area contributed by atoms with E-state index in [0.717, 1.165) is 31.6 Å². The van der Waals surface area contributed by atoms with Gasteiger partial charge in [-0.15, -0.1) is 11.3 Å². The van der Waals surface area contributed by atoms with Crippen LogP contribution < -0.4 is 5.73 Å². The molecule has 0 radical (unpaired) electrons. The number of nitrogens with zero attached hydrogens (tertiary/aromatic N) is 1. The van der Waals surface area contributed by atoms with Crippen molar-refractivity contribution < 1.29 is 4.74 Å². The molecule has 3 nitrogen and oxygen atoms in total. The fourth-order valence-corrected chi connectivity index (χ4v) is 2.24. The van der Waals surface area contributed by atoms with Gasteiger partial charge < -0.3 is 10.5 Å². The van der Waals surface area contributed by atoms with Gasteiger partial charge in [0.2, 0.25) is 0 Å². The summed E-state index contributed by atoms with van der Waals surface area (Å²) in [5, 5.41) is 0. The largest absolute Gasteiger partial charge is 0.378 e. The summed E-state index contributed by atoms with van der Waals surface area (Å²) in [4.78, 5) is 5.54. The summed E-state index contributed by atoms with van der Waals surface area (Å²) in [7, 11) is 0. The Kier molecular flexibility index (Phi) is 5.83. The molecule has 1 rings (SSSR count). The van der Waals surface area contributed by atoms with Crippen LogP contribution in [-0.4, -0.2) is 24.2 Å². The predicted octanol–water partition coefficient (Wildman–Crippen LogP) is 2.14. The maximum atomic E-state index is 5.76. The number of aromatic nitrogens is 1. The van der Waals surface area contributed by atoms with Gasteiger partial charge in [-0.3, -0.25) is 0 Å². The van der Waals surface area contributed by atoms with Gasteiger partial charge in [-0.1, -0.05) is 6.92 Å². The molecular weight excluding hydrogens is 208 g/mol. The highest BCUT2D eigenvalue weighted by Gasteiger charge is 2.06. The van der Waals surface area contributed by atoms with E-state index in [1.54, 1.807) is 11.3 Å². The van der Waals surface area contributed by atoms with Gasteiger partial charge in [0.1, 0.15) is 0 Å². The minimum absolute atomic E-state index is 0.322. The molecule has 1 unspecified atom stereocenters. The number of hydrogen-bond acceptors (Lipinski definition) is 4. The van der Waals surface area contributed by atoms with Gasteiger partial charge in [0.25, 0.3) is 0 Å². The van der Waals surface area contributed by atoms with Crippen LogP contribution in [0.5, 0.6) is 0 Å². The molecule has 1 aromatic rings. The Morgan fingerprint density at radius 1 is 1.60 bits per heavy atom. The molecule has 0 aliphatic carbocycles. The van der Waals surface area contributed by atoms with E-state index in [-0.39, 0.29) is 0 Å². The maximum Gasteiger partial charge on any atom is 0.0797 e. The molecule has 15 heavy (non-hydrogen) atoms. The Morgan fingerprint density at radius 2 is 2.40 bits per heavy atom. The lowest BCUT2D eigenvalue weighted by atomic mass is 10.2. The molecule has 0 fully saturated rings. The predicted molar refractivity (Wildman–Crippen MR) is 64.3 cm³/mol. The Morgan fingerprint density at radius 3 is 2.93 bits per heavy atom. The lowest BCUT2D eigenvalue weighted by molar-refractivity contribution is 0.0489. The van der Waals surface area contributed by atoms with Crippen LogP contribution in [-0.2, 0) is 11.2 Å². The molecule has 0 amide bonds. The summed E-state index contributed by atoms with van der Waals surface area (Å²) in [6, 6.07) is 0. The molecule has 0 bridgehead atoms. The van der Waals surface area contributed by atoms with Crippen molar-refractivity contribution in [1.82, 2.24) is 4.98 Å². The van der Waals surface area contributed by atoms with Crippen molar-refractivity contribution in [3.63, 3.8) is 0 Å². The summed E-state index contributed by atoms with van der Waals surface area (Å²) < 4.78 is 5.76. The quantitative estimate of drug-likeness (QED) is 0.778. The van der Waals surface area contributed by atoms with E-state index in [9.17, 15) is 0 Å². The minimum Gasteiger partial charge on any atom is -0.378 e. The first kappa shape index (κ1) is 12.6. The van der Waals surface area contributed by atoms with E-state index in [0.29, 0.717) is 12.6 Å². The zero-order chi connectivity index (χ0) is 11.1. The van der Waals surface area contributed by atoms with E-state index in [2.05, 4.69) is 11.9 Å². The molecule has 1 aromatic heterocycles. The Hall–Kier alpha value is -0.450. The Bertz CT molecular complexity index is 275. The standard InChI is InChI=1S/C11H20N2OS/c1-3-10(4-6-12)14-7-5-11-9(2)13-8-15-11/h8,10H,3-7,12H2,1-2H3. The molecule has 0 saturated heterocycles. The van der Waals surface area contributed by atoms with Crippen molar-refractivity contribution in [3.8, 4) is 0 Å². The highest BCUT2D eigenvalue weighted by atomic mass is 32.1. The lowest BCUT2D eigenvalue weighted by Gasteiger charge is -2.14. The number of aryl methyl sites for hydroxylation is 1. The molecule has 1 atom stereocenters. The van der Waals surface area contributed by atoms with Gasteiger partial charge in [-0.25, -0.2) is 4.98 Å². The SMILES string of the molecule is CCC(CCN)OCCc1scnc1C. The zero-order valence-corrected chi connectivity index (χ0v) is 10.3. The fraction of sp³-hybridized carbons (Fsp3) is 0.727. The van der Waals surface area contributed by atoms with Crippen molar-refractivity contribution in [2.75, 3.05) is 13.2 Å². The van der Waals surface area contributed by atoms with Gasteiger partial charge in [0, 0.05) is 11.3 Å². The monoisotopic (exact) mass is 228 g/mol. The van der Waals surface area contributed by atoms with Crippen LogP contribution in [0.4, 0.5) is 0 Å². The van der Waals surface area contributed by atoms with Crippen LogP contribution >= 0.6 is 11.3 Å². The first-order valence-electron chi connectivity index (χ1n) is 5.48. The molecule has 0 aromatic carbocycles. The maximum absolute atomic E-state index is 5.76. The Balaban J connectivity index is 2.23. The second kappa shape index (κ2) is 6.93. The topological polar surface area (TPSA) is 48.1 Å². The highest BCUT2D eigenvalue weighted by Crippen LogP contribution is 2.13. The molecule has 4 heteroatoms. The van der Waals surface area contributed by atoms with Gasteiger partial charge in [0.15, 0.2) is 0 Å². The van der Waals surface area contributed by atoms with Gasteiger partial charge in [-0.05, 0) is 26.3 Å². The molecule has 0 aliphatic heterocycles. The molecule has 0 aliphatic rings. The van der Waals surface area contributed by atoms with Crippen LogP contribution in [0.2, 0.25) is 0 Å². The van der Waals surface area contributed by atoms with Crippen LogP contribution in [0, 0.1) is 6.92 Å². The van der Waals surface area contributed by atoms with E-state index < -0.39 is 0 Å². The van der Waals surface area contributed by atoms with E-state index >= 15 is 0 Å². The van der Waals surface area contributed by atoms with Crippen LogP contribution in [0.25, 0.3) is 0 Å². The van der Waals surface area contributed by atoms with Gasteiger partial charge >= 0.3 is 0 Å². The normalized spacial score (nSPS) is 13.0. The fourth-order valence-electron chi connectivity index (χ4n) is 1.48. The molecule has 2 N–H and O–H groups in total. The molecule has 1 heterocycles. The second-order valence-electron chi connectivity index (χ2n) is 3.59. The number of thiazole rings is 1. The van der Waals surface area contributed by atoms with Crippen LogP contribution in [0.1, 0.15) is 30.3 Å². The van der Waals surface area contributed by atoms with Crippen molar-refractivity contribution in [3.05, 3.63) is 16.1 Å². The summed E-state index contributed by atoms with van der Waals surface area (Å²) in [6.45, 7) is 5.67. The summed E-state index contributed by atoms with van der Waals surface area (Å²) >= 11 is 1.71. The first-order chi connectivity index (χ1) is 7.27. The smallest absolute Gasteiger partial charge is 0.0797 e. The Labute approximate surface area is 95.7 Å². The molecule has 0 spiro atoms. The van der Waals surface area contributed by atoms with Gasteiger partial charge in [-0.2, -0.15) is 0 Å². The average molecular weight is 228 g/mol. The third-order valence-electron chi connectivity index (χ3n) is 2.47. The average Bonchev–Trinajstić information content (AvgIpc) is 2.63. The summed E-state index contributed by atoms with van der Waals surface area (Å²) in [6.07, 6.45) is 3.29. The number of rotatable bonds is 7. The molecular formula is C11H20N2OS. The third kappa shape index (κ3) is 4.28. The van der Waals surface area contributed by atoms with E-state index in [4.69, 9.17) is 10.5 Å². The summed E-state index contributed by atoms with van der Waals surface area (Å²) in [5.41, 5.74) is 8.53. The van der Waals surface area contributed by atoms with Gasteiger partial charge in [0.05, 0.1) is 23.9 Å². The third-order valence-corrected chi connectivity index (χ3v) is 3.47. The van der Waals surface area contributed by atoms with E-state index in [1.165, 1.54) is 4.88 Å². The van der Waals surface area contributed by atoms with Crippen LogP contribution in [0.3, 0.4) is 0 Å². The van der Waals surface area contributed by atoms with Crippen LogP contribution in [0.15, 0.2) is 5.51 Å². The van der Waals surface area contributed by atoms with E-state index in [1.807, 2.05) is 12.4 Å². The highest BCUT2D eigenvalue weighted by molar-refractivity contribution is 7.09. The second-order valence-corrected chi connectivity index (χ2v) is 4.53. The first-order valence-corrected chi connectivity index (χ1v) is 6.36. The van der Waals surface area contributed by atoms with Crippen molar-refractivity contribution in [1.29, 1.82) is 0 Å². The number of ether oxygens (including phenoxy) is 1. The minimum atomic E-state index is 0.322. The van der Waals surface area contributed by atoms with Crippen molar-refractivity contribution in [2.45, 2.75) is 39.2 Å². The molecule has 86 valence electrons. The zero-order valence-electron chi connectivity index (χ0n) is 9.53. The number of hydrogen-bond donors (Lipinski definition) is 1. The number of nitrogens with two attached hydrogens (primary N) is 1. The molecule has 0 saturated carbocycles. The summed E-state index contributed by atoms with van der Waals surface area (Å²) in [5.74, 6) is 0. The lowest BCUT2D eigenvalue weighted by Crippen LogP contribution is -2.18. The van der Waals surface area contributed by atoms with Crippen molar-refractivity contribution >= 4 is 11.3 Å².